The standard InChI is InChI=1S/C16H16F2N4O2/c17-12-4-3-10(8-13(12)18)20-15-6-5-14(21-22-15)16(23)19-9-11-2-1-7-24-11/h3-6,8,11H,1-2,7,9H2,(H,19,23)(H,20,22). The Morgan fingerprint density at radius 2 is 2.08 bits per heavy atom. The van der Waals surface area contributed by atoms with Crippen LogP contribution in [0.4, 0.5) is 20.3 Å². The average molecular weight is 334 g/mol. The van der Waals surface area contributed by atoms with Crippen LogP contribution >= 0.6 is 0 Å². The summed E-state index contributed by atoms with van der Waals surface area (Å²) in [6.45, 7) is 1.17. The number of ether oxygens (including phenoxy) is 1. The molecule has 1 unspecified atom stereocenters. The van der Waals surface area contributed by atoms with E-state index in [9.17, 15) is 13.6 Å². The normalized spacial score (nSPS) is 16.8. The molecule has 1 aromatic carbocycles. The lowest BCUT2D eigenvalue weighted by atomic mass is 10.2. The lowest BCUT2D eigenvalue weighted by molar-refractivity contribution is 0.0853. The van der Waals surface area contributed by atoms with Crippen molar-refractivity contribution < 1.29 is 18.3 Å². The molecule has 0 radical (unpaired) electrons. The highest BCUT2D eigenvalue weighted by molar-refractivity contribution is 5.92. The van der Waals surface area contributed by atoms with Gasteiger partial charge in [-0.2, -0.15) is 0 Å². The molecule has 1 atom stereocenters. The van der Waals surface area contributed by atoms with Crippen LogP contribution in [0.3, 0.4) is 0 Å². The third-order valence-electron chi connectivity index (χ3n) is 3.60. The van der Waals surface area contributed by atoms with E-state index in [1.165, 1.54) is 18.2 Å². The second-order valence-electron chi connectivity index (χ2n) is 5.40. The summed E-state index contributed by atoms with van der Waals surface area (Å²) < 4.78 is 31.5. The van der Waals surface area contributed by atoms with E-state index in [2.05, 4.69) is 20.8 Å². The molecule has 1 aromatic heterocycles. The summed E-state index contributed by atoms with van der Waals surface area (Å²) in [6, 6.07) is 6.44. The third-order valence-corrected chi connectivity index (χ3v) is 3.60. The number of halogens is 2. The largest absolute Gasteiger partial charge is 0.376 e. The topological polar surface area (TPSA) is 76.1 Å². The van der Waals surface area contributed by atoms with E-state index in [-0.39, 0.29) is 17.7 Å². The number of hydrogen-bond donors (Lipinski definition) is 2. The summed E-state index contributed by atoms with van der Waals surface area (Å²) in [5, 5.41) is 13.2. The molecule has 1 amide bonds. The fourth-order valence-electron chi connectivity index (χ4n) is 2.34. The van der Waals surface area contributed by atoms with Gasteiger partial charge >= 0.3 is 0 Å². The zero-order chi connectivity index (χ0) is 16.9. The number of carbonyl (C=O) groups is 1. The first kappa shape index (κ1) is 16.3. The van der Waals surface area contributed by atoms with Crippen molar-refractivity contribution in [2.45, 2.75) is 18.9 Å². The van der Waals surface area contributed by atoms with Crippen LogP contribution in [0.25, 0.3) is 0 Å². The van der Waals surface area contributed by atoms with Gasteiger partial charge in [-0.15, -0.1) is 10.2 Å². The van der Waals surface area contributed by atoms with E-state index in [0.717, 1.165) is 31.6 Å². The zero-order valence-electron chi connectivity index (χ0n) is 12.8. The predicted molar refractivity (Wildman–Crippen MR) is 83.0 cm³/mol. The molecule has 2 aromatic rings. The van der Waals surface area contributed by atoms with Crippen LogP contribution in [-0.4, -0.2) is 35.4 Å². The molecule has 24 heavy (non-hydrogen) atoms. The molecule has 3 rings (SSSR count). The Morgan fingerprint density at radius 1 is 1.21 bits per heavy atom. The maximum absolute atomic E-state index is 13.2. The number of carbonyl (C=O) groups excluding carboxylic acids is 1. The van der Waals surface area contributed by atoms with Crippen molar-refractivity contribution in [3.8, 4) is 0 Å². The molecular formula is C16H16F2N4O2. The Bertz CT molecular complexity index is 719. The maximum atomic E-state index is 13.2. The van der Waals surface area contributed by atoms with Gasteiger partial charge in [-0.25, -0.2) is 8.78 Å². The van der Waals surface area contributed by atoms with Gasteiger partial charge in [-0.3, -0.25) is 4.79 Å². The molecule has 0 spiro atoms. The molecule has 0 aliphatic carbocycles. The van der Waals surface area contributed by atoms with E-state index < -0.39 is 11.6 Å². The lowest BCUT2D eigenvalue weighted by Crippen LogP contribution is -2.32. The Balaban J connectivity index is 1.57. The van der Waals surface area contributed by atoms with Crippen LogP contribution in [0, 0.1) is 11.6 Å². The number of hydrogen-bond acceptors (Lipinski definition) is 5. The van der Waals surface area contributed by atoms with Crippen LogP contribution in [-0.2, 0) is 4.74 Å². The monoisotopic (exact) mass is 334 g/mol. The number of amides is 1. The molecule has 0 saturated carbocycles. The van der Waals surface area contributed by atoms with Crippen molar-refractivity contribution in [1.29, 1.82) is 0 Å². The van der Waals surface area contributed by atoms with Gasteiger partial charge in [0.2, 0.25) is 0 Å². The van der Waals surface area contributed by atoms with Crippen molar-refractivity contribution in [2.75, 3.05) is 18.5 Å². The molecule has 1 fully saturated rings. The number of aromatic nitrogens is 2. The molecule has 0 bridgehead atoms. The van der Waals surface area contributed by atoms with Crippen LogP contribution in [0.5, 0.6) is 0 Å². The smallest absolute Gasteiger partial charge is 0.271 e. The second-order valence-corrected chi connectivity index (χ2v) is 5.40. The second kappa shape index (κ2) is 7.31. The van der Waals surface area contributed by atoms with Crippen molar-refractivity contribution in [3.63, 3.8) is 0 Å². The Labute approximate surface area is 137 Å². The minimum absolute atomic E-state index is 0.0521. The molecular weight excluding hydrogens is 318 g/mol. The molecule has 126 valence electrons. The van der Waals surface area contributed by atoms with Crippen molar-refractivity contribution >= 4 is 17.4 Å². The Kier molecular flexibility index (Phi) is 4.95. The Morgan fingerprint density at radius 3 is 2.75 bits per heavy atom. The highest BCUT2D eigenvalue weighted by Gasteiger charge is 2.17. The first-order valence-electron chi connectivity index (χ1n) is 7.57. The van der Waals surface area contributed by atoms with Crippen LogP contribution in [0.1, 0.15) is 23.3 Å². The van der Waals surface area contributed by atoms with Gasteiger partial charge < -0.3 is 15.4 Å². The lowest BCUT2D eigenvalue weighted by Gasteiger charge is -2.10. The van der Waals surface area contributed by atoms with Gasteiger partial charge in [-0.05, 0) is 37.1 Å². The SMILES string of the molecule is O=C(NCC1CCCO1)c1ccc(Nc2ccc(F)c(F)c2)nn1. The van der Waals surface area contributed by atoms with Crippen LogP contribution in [0.2, 0.25) is 0 Å². The number of nitrogens with zero attached hydrogens (tertiary/aromatic N) is 2. The highest BCUT2D eigenvalue weighted by Crippen LogP contribution is 2.17. The molecule has 1 saturated heterocycles. The van der Waals surface area contributed by atoms with Gasteiger partial charge in [-0.1, -0.05) is 0 Å². The summed E-state index contributed by atoms with van der Waals surface area (Å²) in [7, 11) is 0. The Hall–Kier alpha value is -2.61. The van der Waals surface area contributed by atoms with Gasteiger partial charge in [0.1, 0.15) is 0 Å². The van der Waals surface area contributed by atoms with Gasteiger partial charge in [0, 0.05) is 24.9 Å². The summed E-state index contributed by atoms with van der Waals surface area (Å²) in [5.74, 6) is -1.91. The first-order valence-corrected chi connectivity index (χ1v) is 7.57. The van der Waals surface area contributed by atoms with Crippen molar-refractivity contribution in [2.24, 2.45) is 0 Å². The summed E-state index contributed by atoms with van der Waals surface area (Å²) >= 11 is 0. The summed E-state index contributed by atoms with van der Waals surface area (Å²) in [6.07, 6.45) is 1.99. The number of benzene rings is 1. The molecule has 8 heteroatoms. The predicted octanol–water partition coefficient (Wildman–Crippen LogP) is 2.41. The van der Waals surface area contributed by atoms with Crippen molar-refractivity contribution in [3.05, 3.63) is 47.7 Å². The van der Waals surface area contributed by atoms with Gasteiger partial charge in [0.25, 0.3) is 5.91 Å². The quantitative estimate of drug-likeness (QED) is 0.878. The number of anilines is 2. The summed E-state index contributed by atoms with van der Waals surface area (Å²) in [4.78, 5) is 12.0. The van der Waals surface area contributed by atoms with Crippen LogP contribution in [0.15, 0.2) is 30.3 Å². The van der Waals surface area contributed by atoms with Crippen molar-refractivity contribution in [1.82, 2.24) is 15.5 Å². The minimum Gasteiger partial charge on any atom is -0.376 e. The third kappa shape index (κ3) is 4.02. The fourth-order valence-corrected chi connectivity index (χ4v) is 2.34. The highest BCUT2D eigenvalue weighted by atomic mass is 19.2. The van der Waals surface area contributed by atoms with Gasteiger partial charge in [0.05, 0.1) is 6.10 Å². The number of nitrogens with one attached hydrogen (secondary N) is 2. The van der Waals surface area contributed by atoms with E-state index >= 15 is 0 Å². The zero-order valence-corrected chi connectivity index (χ0v) is 12.8. The van der Waals surface area contributed by atoms with E-state index in [1.54, 1.807) is 0 Å². The summed E-state index contributed by atoms with van der Waals surface area (Å²) in [5.41, 5.74) is 0.502. The maximum Gasteiger partial charge on any atom is 0.271 e. The van der Waals surface area contributed by atoms with Gasteiger partial charge in [0.15, 0.2) is 23.1 Å². The molecule has 2 heterocycles. The molecule has 6 nitrogen and oxygen atoms in total. The van der Waals surface area contributed by atoms with E-state index in [4.69, 9.17) is 4.74 Å². The fraction of sp³-hybridized carbons (Fsp3) is 0.312. The number of rotatable bonds is 5. The van der Waals surface area contributed by atoms with E-state index in [1.807, 2.05) is 0 Å². The average Bonchev–Trinajstić information content (AvgIpc) is 3.10. The first-order chi connectivity index (χ1) is 11.6. The van der Waals surface area contributed by atoms with E-state index in [0.29, 0.717) is 18.1 Å². The minimum atomic E-state index is -0.960. The molecule has 2 N–H and O–H groups in total. The molecule has 1 aliphatic rings. The molecule has 1 aliphatic heterocycles. The van der Waals surface area contributed by atoms with Crippen LogP contribution < -0.4 is 10.6 Å².